The van der Waals surface area contributed by atoms with Crippen LogP contribution in [0.5, 0.6) is 0 Å². The van der Waals surface area contributed by atoms with Gasteiger partial charge < -0.3 is 10.5 Å². The van der Waals surface area contributed by atoms with Crippen LogP contribution in [0.3, 0.4) is 0 Å². The Bertz CT molecular complexity index is 86.4. The van der Waals surface area contributed by atoms with E-state index in [1.807, 2.05) is 0 Å². The molecule has 0 spiro atoms. The van der Waals surface area contributed by atoms with Gasteiger partial charge in [0.05, 0.1) is 6.21 Å². The first-order valence-electron chi connectivity index (χ1n) is 2.84. The Labute approximate surface area is 48.4 Å². The molecule has 46 valence electrons. The number of nitrogens with zero attached hydrogens (tertiary/aromatic N) is 1. The van der Waals surface area contributed by atoms with Gasteiger partial charge in [-0.25, -0.2) is 0 Å². The van der Waals surface area contributed by atoms with E-state index in [1.165, 1.54) is 12.6 Å². The summed E-state index contributed by atoms with van der Waals surface area (Å²) in [5, 5.41) is 14.1. The molecule has 1 fully saturated rings. The highest BCUT2D eigenvalue weighted by molar-refractivity contribution is 5.63. The van der Waals surface area contributed by atoms with Gasteiger partial charge in [-0.05, 0) is 19.4 Å². The molecule has 1 aliphatic heterocycles. The molecule has 0 unspecified atom stereocenters. The van der Waals surface area contributed by atoms with E-state index in [2.05, 4.69) is 10.5 Å². The van der Waals surface area contributed by atoms with Crippen LogP contribution < -0.4 is 5.32 Å². The summed E-state index contributed by atoms with van der Waals surface area (Å²) in [7, 11) is 0. The molecule has 1 rings (SSSR count). The third-order valence-electron chi connectivity index (χ3n) is 1.35. The largest absolute Gasteiger partial charge is 0.411 e. The molecule has 0 radical (unpaired) electrons. The van der Waals surface area contributed by atoms with E-state index in [1.54, 1.807) is 0 Å². The summed E-state index contributed by atoms with van der Waals surface area (Å²) in [6, 6.07) is 0.319. The molecule has 0 bridgehead atoms. The molecule has 1 heterocycles. The van der Waals surface area contributed by atoms with Gasteiger partial charge >= 0.3 is 0 Å². The van der Waals surface area contributed by atoms with Crippen molar-refractivity contribution in [3.63, 3.8) is 0 Å². The van der Waals surface area contributed by atoms with Crippen molar-refractivity contribution in [2.45, 2.75) is 18.9 Å². The summed E-state index contributed by atoms with van der Waals surface area (Å²) in [5.41, 5.74) is 0. The second kappa shape index (κ2) is 2.67. The fourth-order valence-electron chi connectivity index (χ4n) is 0.919. The summed E-state index contributed by atoms with van der Waals surface area (Å²) in [6.07, 6.45) is 3.83. The number of rotatable bonds is 1. The molecule has 2 N–H and O–H groups in total. The van der Waals surface area contributed by atoms with E-state index < -0.39 is 0 Å². The Balaban J connectivity index is 2.24. The summed E-state index contributed by atoms with van der Waals surface area (Å²) in [5.74, 6) is 0. The smallest absolute Gasteiger partial charge is 0.0605 e. The highest BCUT2D eigenvalue weighted by Gasteiger charge is 2.10. The van der Waals surface area contributed by atoms with Crippen LogP contribution >= 0.6 is 0 Å². The van der Waals surface area contributed by atoms with Gasteiger partial charge in [-0.3, -0.25) is 0 Å². The van der Waals surface area contributed by atoms with Crippen molar-refractivity contribution in [1.82, 2.24) is 5.32 Å². The molecular weight excluding hydrogens is 104 g/mol. The monoisotopic (exact) mass is 114 g/mol. The van der Waals surface area contributed by atoms with Crippen molar-refractivity contribution in [1.29, 1.82) is 0 Å². The second-order valence-corrected chi connectivity index (χ2v) is 1.97. The second-order valence-electron chi connectivity index (χ2n) is 1.97. The number of hydrogen-bond acceptors (Lipinski definition) is 3. The van der Waals surface area contributed by atoms with Crippen LogP contribution in [0.25, 0.3) is 0 Å². The minimum absolute atomic E-state index is 0.319. The fourth-order valence-corrected chi connectivity index (χ4v) is 0.919. The first-order chi connectivity index (χ1) is 3.93. The van der Waals surface area contributed by atoms with E-state index >= 15 is 0 Å². The van der Waals surface area contributed by atoms with Crippen molar-refractivity contribution < 1.29 is 5.21 Å². The quantitative estimate of drug-likeness (QED) is 0.290. The van der Waals surface area contributed by atoms with Crippen LogP contribution in [0.4, 0.5) is 0 Å². The first kappa shape index (κ1) is 5.56. The Morgan fingerprint density at radius 2 is 2.62 bits per heavy atom. The summed E-state index contributed by atoms with van der Waals surface area (Å²) in [4.78, 5) is 0. The van der Waals surface area contributed by atoms with Gasteiger partial charge in [0.25, 0.3) is 0 Å². The summed E-state index contributed by atoms with van der Waals surface area (Å²) < 4.78 is 0. The molecule has 1 aliphatic rings. The zero-order valence-electron chi connectivity index (χ0n) is 4.67. The zero-order valence-corrected chi connectivity index (χ0v) is 4.67. The first-order valence-corrected chi connectivity index (χ1v) is 2.84. The summed E-state index contributed by atoms with van der Waals surface area (Å²) >= 11 is 0. The third kappa shape index (κ3) is 1.20. The van der Waals surface area contributed by atoms with Gasteiger partial charge in [-0.1, -0.05) is 0 Å². The lowest BCUT2D eigenvalue weighted by Gasteiger charge is -1.97. The van der Waals surface area contributed by atoms with Crippen molar-refractivity contribution >= 4 is 6.21 Å². The Kier molecular flexibility index (Phi) is 1.86. The Morgan fingerprint density at radius 1 is 1.75 bits per heavy atom. The van der Waals surface area contributed by atoms with E-state index in [-0.39, 0.29) is 0 Å². The molecule has 0 aromatic rings. The number of nitrogens with one attached hydrogen (secondary N) is 1. The number of hydrogen-bond donors (Lipinski definition) is 2. The van der Waals surface area contributed by atoms with Crippen LogP contribution in [-0.2, 0) is 0 Å². The van der Waals surface area contributed by atoms with Crippen molar-refractivity contribution in [3.8, 4) is 0 Å². The Hall–Kier alpha value is -0.570. The average molecular weight is 114 g/mol. The molecule has 3 heteroatoms. The molecule has 3 nitrogen and oxygen atoms in total. The highest BCUT2D eigenvalue weighted by Crippen LogP contribution is 2.01. The SMILES string of the molecule is ON=C[C@@H]1CCCN1. The van der Waals surface area contributed by atoms with Gasteiger partial charge in [0.2, 0.25) is 0 Å². The van der Waals surface area contributed by atoms with Crippen LogP contribution in [-0.4, -0.2) is 24.0 Å². The Morgan fingerprint density at radius 3 is 3.12 bits per heavy atom. The molecule has 0 aliphatic carbocycles. The van der Waals surface area contributed by atoms with Gasteiger partial charge in [0.1, 0.15) is 0 Å². The third-order valence-corrected chi connectivity index (χ3v) is 1.35. The molecule has 1 atom stereocenters. The van der Waals surface area contributed by atoms with E-state index in [9.17, 15) is 0 Å². The highest BCUT2D eigenvalue weighted by atomic mass is 16.4. The molecule has 0 aromatic carbocycles. The van der Waals surface area contributed by atoms with Crippen LogP contribution in [0.1, 0.15) is 12.8 Å². The molecule has 0 aromatic heterocycles. The minimum Gasteiger partial charge on any atom is -0.411 e. The topological polar surface area (TPSA) is 44.6 Å². The predicted octanol–water partition coefficient (Wildman–Crippen LogP) is 0.198. The van der Waals surface area contributed by atoms with Crippen LogP contribution in [0.15, 0.2) is 5.16 Å². The van der Waals surface area contributed by atoms with E-state index in [0.717, 1.165) is 13.0 Å². The van der Waals surface area contributed by atoms with E-state index in [4.69, 9.17) is 5.21 Å². The lowest BCUT2D eigenvalue weighted by molar-refractivity contribution is 0.319. The lowest BCUT2D eigenvalue weighted by atomic mass is 10.2. The molecule has 0 saturated carbocycles. The van der Waals surface area contributed by atoms with Gasteiger partial charge in [0.15, 0.2) is 0 Å². The maximum atomic E-state index is 8.06. The predicted molar refractivity (Wildman–Crippen MR) is 31.3 cm³/mol. The van der Waals surface area contributed by atoms with Gasteiger partial charge in [-0.2, -0.15) is 0 Å². The van der Waals surface area contributed by atoms with E-state index in [0.29, 0.717) is 6.04 Å². The molecular formula is C5H10N2O. The maximum Gasteiger partial charge on any atom is 0.0605 e. The molecule has 8 heavy (non-hydrogen) atoms. The van der Waals surface area contributed by atoms with Crippen molar-refractivity contribution in [2.75, 3.05) is 6.54 Å². The minimum atomic E-state index is 0.319. The van der Waals surface area contributed by atoms with Crippen molar-refractivity contribution in [3.05, 3.63) is 0 Å². The van der Waals surface area contributed by atoms with Crippen LogP contribution in [0, 0.1) is 0 Å². The molecule has 0 amide bonds. The standard InChI is InChI=1S/C5H10N2O/c8-7-4-5-2-1-3-6-5/h4-6,8H,1-3H2/t5-/m0/s1. The fraction of sp³-hybridized carbons (Fsp3) is 0.800. The normalized spacial score (nSPS) is 29.8. The van der Waals surface area contributed by atoms with Crippen LogP contribution in [0.2, 0.25) is 0 Å². The molecule has 1 saturated heterocycles. The average Bonchev–Trinajstić information content (AvgIpc) is 2.19. The van der Waals surface area contributed by atoms with Gasteiger partial charge in [-0.15, -0.1) is 5.16 Å². The van der Waals surface area contributed by atoms with Crippen molar-refractivity contribution in [2.24, 2.45) is 5.16 Å². The lowest BCUT2D eigenvalue weighted by Crippen LogP contribution is -2.22. The van der Waals surface area contributed by atoms with Gasteiger partial charge in [0, 0.05) is 6.04 Å². The summed E-state index contributed by atoms with van der Waals surface area (Å²) in [6.45, 7) is 1.05. The zero-order chi connectivity index (χ0) is 5.82. The maximum absolute atomic E-state index is 8.06. The number of oxime groups is 1.